The van der Waals surface area contributed by atoms with Crippen LogP contribution in [0, 0.1) is 0 Å². The smallest absolute Gasteiger partial charge is 0.337 e. The molecule has 0 atom stereocenters. The molecule has 0 fully saturated rings. The van der Waals surface area contributed by atoms with Crippen LogP contribution in [0.2, 0.25) is 0 Å². The Morgan fingerprint density at radius 2 is 1.46 bits per heavy atom. The zero-order chi connectivity index (χ0) is 24.2. The number of aromatic carboxylic acids is 1. The molecule has 5 nitrogen and oxygen atoms in total. The van der Waals surface area contributed by atoms with E-state index in [4.69, 9.17) is 9.72 Å². The molecule has 5 aromatic rings. The summed E-state index contributed by atoms with van der Waals surface area (Å²) in [4.78, 5) is 29.1. The average molecular weight is 462 g/mol. The summed E-state index contributed by atoms with van der Waals surface area (Å²) in [5.41, 5.74) is 5.23. The number of para-hydroxylation sites is 1. The quantitative estimate of drug-likeness (QED) is 0.223. The van der Waals surface area contributed by atoms with Crippen LogP contribution < -0.4 is 0 Å². The van der Waals surface area contributed by atoms with Gasteiger partial charge in [-0.1, -0.05) is 84.9 Å². The van der Waals surface area contributed by atoms with Gasteiger partial charge in [-0.15, -0.1) is 0 Å². The molecule has 172 valence electrons. The number of benzene rings is 4. The topological polar surface area (TPSA) is 76.5 Å². The Bertz CT molecular complexity index is 1530. The van der Waals surface area contributed by atoms with E-state index in [1.54, 1.807) is 6.07 Å². The van der Waals surface area contributed by atoms with Crippen LogP contribution >= 0.6 is 0 Å². The Labute approximate surface area is 202 Å². The third kappa shape index (κ3) is 4.75. The van der Waals surface area contributed by atoms with E-state index in [-0.39, 0.29) is 18.1 Å². The molecule has 4 aromatic carbocycles. The molecule has 0 saturated carbocycles. The standard InChI is InChI=1S/C30H23NO4/c32-27(35-19-21-7-2-1-3-8-21)18-15-20-13-16-22(17-14-20)23-10-6-12-26-28(23)29(30(33)34)24-9-4-5-11-25(24)31-26/h1-14,16-17H,15,18-19H2,(H,33,34). The number of hydrogen-bond acceptors (Lipinski definition) is 4. The van der Waals surface area contributed by atoms with E-state index in [1.807, 2.05) is 91.0 Å². The van der Waals surface area contributed by atoms with Crippen molar-refractivity contribution < 1.29 is 19.4 Å². The summed E-state index contributed by atoms with van der Waals surface area (Å²) in [6.45, 7) is 0.272. The molecule has 1 heterocycles. The van der Waals surface area contributed by atoms with Gasteiger partial charge >= 0.3 is 11.9 Å². The van der Waals surface area contributed by atoms with E-state index in [9.17, 15) is 14.7 Å². The number of nitrogens with zero attached hydrogens (tertiary/aromatic N) is 1. The zero-order valence-corrected chi connectivity index (χ0v) is 19.0. The normalized spacial score (nSPS) is 11.0. The average Bonchev–Trinajstić information content (AvgIpc) is 2.89. The molecule has 35 heavy (non-hydrogen) atoms. The third-order valence-electron chi connectivity index (χ3n) is 6.05. The summed E-state index contributed by atoms with van der Waals surface area (Å²) in [5.74, 6) is -1.22. The number of carbonyl (C=O) groups excluding carboxylic acids is 1. The molecule has 0 radical (unpaired) electrons. The summed E-state index contributed by atoms with van der Waals surface area (Å²) >= 11 is 0. The molecule has 5 rings (SSSR count). The van der Waals surface area contributed by atoms with Gasteiger partial charge < -0.3 is 9.84 Å². The fourth-order valence-corrected chi connectivity index (χ4v) is 4.31. The van der Waals surface area contributed by atoms with Crippen molar-refractivity contribution in [1.29, 1.82) is 0 Å². The Hall–Kier alpha value is -4.51. The first kappa shape index (κ1) is 22.3. The van der Waals surface area contributed by atoms with Crippen molar-refractivity contribution in [2.75, 3.05) is 0 Å². The van der Waals surface area contributed by atoms with Gasteiger partial charge in [-0.25, -0.2) is 9.78 Å². The van der Waals surface area contributed by atoms with Gasteiger partial charge in [-0.2, -0.15) is 0 Å². The van der Waals surface area contributed by atoms with Crippen LogP contribution in [-0.4, -0.2) is 22.0 Å². The fraction of sp³-hybridized carbons (Fsp3) is 0.100. The number of aromatic nitrogens is 1. The molecular formula is C30H23NO4. The lowest BCUT2D eigenvalue weighted by Crippen LogP contribution is -2.06. The molecule has 1 aromatic heterocycles. The van der Waals surface area contributed by atoms with Gasteiger partial charge in [-0.3, -0.25) is 4.79 Å². The Morgan fingerprint density at radius 1 is 0.743 bits per heavy atom. The number of carboxylic acid groups (broad SMARTS) is 1. The van der Waals surface area contributed by atoms with Crippen LogP contribution in [0.1, 0.15) is 27.9 Å². The highest BCUT2D eigenvalue weighted by Gasteiger charge is 2.18. The second-order valence-electron chi connectivity index (χ2n) is 8.35. The largest absolute Gasteiger partial charge is 0.478 e. The van der Waals surface area contributed by atoms with Crippen molar-refractivity contribution >= 4 is 33.7 Å². The molecule has 0 saturated heterocycles. The van der Waals surface area contributed by atoms with Crippen molar-refractivity contribution in [3.63, 3.8) is 0 Å². The molecule has 0 aliphatic carbocycles. The Balaban J connectivity index is 1.38. The predicted molar refractivity (Wildman–Crippen MR) is 136 cm³/mol. The number of aryl methyl sites for hydroxylation is 1. The van der Waals surface area contributed by atoms with Crippen LogP contribution in [0.4, 0.5) is 0 Å². The first-order valence-electron chi connectivity index (χ1n) is 11.4. The summed E-state index contributed by atoms with van der Waals surface area (Å²) < 4.78 is 5.36. The van der Waals surface area contributed by atoms with Gasteiger partial charge in [0, 0.05) is 17.2 Å². The SMILES string of the molecule is O=C(CCc1ccc(-c2cccc3nc4ccccc4c(C(=O)O)c23)cc1)OCc1ccccc1. The molecule has 0 spiro atoms. The van der Waals surface area contributed by atoms with Crippen LogP contribution in [0.25, 0.3) is 32.9 Å². The number of rotatable bonds is 7. The monoisotopic (exact) mass is 461 g/mol. The van der Waals surface area contributed by atoms with Gasteiger partial charge in [-0.05, 0) is 40.8 Å². The number of fused-ring (bicyclic) bond motifs is 2. The van der Waals surface area contributed by atoms with Crippen LogP contribution in [0.15, 0.2) is 97.1 Å². The lowest BCUT2D eigenvalue weighted by molar-refractivity contribution is -0.144. The minimum atomic E-state index is -0.980. The van der Waals surface area contributed by atoms with E-state index >= 15 is 0 Å². The molecule has 1 N–H and O–H groups in total. The van der Waals surface area contributed by atoms with Gasteiger partial charge in [0.1, 0.15) is 6.61 Å². The van der Waals surface area contributed by atoms with Crippen molar-refractivity contribution in [3.8, 4) is 11.1 Å². The number of hydrogen-bond donors (Lipinski definition) is 1. The Kier molecular flexibility index (Phi) is 6.22. The number of ether oxygens (including phenoxy) is 1. The second kappa shape index (κ2) is 9.77. The third-order valence-corrected chi connectivity index (χ3v) is 6.05. The van der Waals surface area contributed by atoms with Crippen molar-refractivity contribution in [3.05, 3.63) is 114 Å². The summed E-state index contributed by atoms with van der Waals surface area (Å²) in [5, 5.41) is 11.3. The molecule has 0 aliphatic rings. The molecule has 0 amide bonds. The van der Waals surface area contributed by atoms with Gasteiger partial charge in [0.15, 0.2) is 0 Å². The van der Waals surface area contributed by atoms with Gasteiger partial charge in [0.2, 0.25) is 0 Å². The van der Waals surface area contributed by atoms with E-state index in [0.29, 0.717) is 34.6 Å². The van der Waals surface area contributed by atoms with Crippen molar-refractivity contribution in [2.24, 2.45) is 0 Å². The predicted octanol–water partition coefficient (Wildman–Crippen LogP) is 6.43. The lowest BCUT2D eigenvalue weighted by Gasteiger charge is -2.12. The maximum atomic E-state index is 12.3. The highest BCUT2D eigenvalue weighted by Crippen LogP contribution is 2.34. The van der Waals surface area contributed by atoms with E-state index in [2.05, 4.69) is 0 Å². The van der Waals surface area contributed by atoms with Gasteiger partial charge in [0.25, 0.3) is 0 Å². The number of esters is 1. The minimum Gasteiger partial charge on any atom is -0.478 e. The van der Waals surface area contributed by atoms with E-state index < -0.39 is 5.97 Å². The summed E-state index contributed by atoms with van der Waals surface area (Å²) in [6, 6.07) is 30.4. The second-order valence-corrected chi connectivity index (χ2v) is 8.35. The highest BCUT2D eigenvalue weighted by atomic mass is 16.5. The summed E-state index contributed by atoms with van der Waals surface area (Å²) in [6.07, 6.45) is 0.857. The highest BCUT2D eigenvalue weighted by molar-refractivity contribution is 6.17. The molecule has 5 heteroatoms. The number of carbonyl (C=O) groups is 2. The minimum absolute atomic E-state index is 0.240. The first-order valence-corrected chi connectivity index (χ1v) is 11.4. The van der Waals surface area contributed by atoms with Crippen molar-refractivity contribution in [1.82, 2.24) is 4.98 Å². The summed E-state index contributed by atoms with van der Waals surface area (Å²) in [7, 11) is 0. The van der Waals surface area contributed by atoms with Crippen molar-refractivity contribution in [2.45, 2.75) is 19.4 Å². The molecular weight excluding hydrogens is 438 g/mol. The fourth-order valence-electron chi connectivity index (χ4n) is 4.31. The lowest BCUT2D eigenvalue weighted by atomic mass is 9.94. The number of carboxylic acids is 1. The van der Waals surface area contributed by atoms with Crippen LogP contribution in [-0.2, 0) is 22.6 Å². The first-order chi connectivity index (χ1) is 17.1. The molecule has 0 aliphatic heterocycles. The van der Waals surface area contributed by atoms with E-state index in [0.717, 1.165) is 22.3 Å². The van der Waals surface area contributed by atoms with Gasteiger partial charge in [0.05, 0.1) is 16.6 Å². The van der Waals surface area contributed by atoms with E-state index in [1.165, 1.54) is 0 Å². The number of pyridine rings is 1. The Morgan fingerprint density at radius 3 is 2.23 bits per heavy atom. The maximum Gasteiger partial charge on any atom is 0.337 e. The zero-order valence-electron chi connectivity index (χ0n) is 19.0. The van der Waals surface area contributed by atoms with Crippen LogP contribution in [0.5, 0.6) is 0 Å². The van der Waals surface area contributed by atoms with Crippen LogP contribution in [0.3, 0.4) is 0 Å². The molecule has 0 unspecified atom stereocenters. The maximum absolute atomic E-state index is 12.3. The molecule has 0 bridgehead atoms.